The van der Waals surface area contributed by atoms with Gasteiger partial charge in [-0.05, 0) is 50.8 Å². The first-order chi connectivity index (χ1) is 10.1. The van der Waals surface area contributed by atoms with Gasteiger partial charge >= 0.3 is 0 Å². The summed E-state index contributed by atoms with van der Waals surface area (Å²) in [6.45, 7) is 5.86. The number of halogens is 1. The highest BCUT2D eigenvalue weighted by molar-refractivity contribution is 9.10. The number of ether oxygens (including phenoxy) is 1. The summed E-state index contributed by atoms with van der Waals surface area (Å²) in [5, 5.41) is 8.71. The fraction of sp³-hybridized carbons (Fsp3) is 0.500. The SMILES string of the molecule is Cc1cc(Br)ccc1-c1nnn(CC2CCCCO2)c1C. The normalized spacial score (nSPS) is 18.9. The summed E-state index contributed by atoms with van der Waals surface area (Å²) < 4.78 is 8.86. The predicted octanol–water partition coefficient (Wildman–Crippen LogP) is 3.89. The highest BCUT2D eigenvalue weighted by Gasteiger charge is 2.18. The van der Waals surface area contributed by atoms with Crippen molar-refractivity contribution in [1.82, 2.24) is 15.0 Å². The van der Waals surface area contributed by atoms with Gasteiger partial charge in [-0.1, -0.05) is 27.2 Å². The van der Waals surface area contributed by atoms with Crippen molar-refractivity contribution in [2.75, 3.05) is 6.61 Å². The molecule has 0 bridgehead atoms. The molecule has 21 heavy (non-hydrogen) atoms. The van der Waals surface area contributed by atoms with Crippen LogP contribution in [0.25, 0.3) is 11.3 Å². The van der Waals surface area contributed by atoms with Gasteiger partial charge in [0.1, 0.15) is 5.69 Å². The molecule has 0 saturated carbocycles. The van der Waals surface area contributed by atoms with E-state index in [9.17, 15) is 0 Å². The Hall–Kier alpha value is -1.20. The van der Waals surface area contributed by atoms with Crippen LogP contribution < -0.4 is 0 Å². The zero-order chi connectivity index (χ0) is 14.8. The summed E-state index contributed by atoms with van der Waals surface area (Å²) in [7, 11) is 0. The average Bonchev–Trinajstić information content (AvgIpc) is 2.82. The molecule has 0 spiro atoms. The molecule has 112 valence electrons. The monoisotopic (exact) mass is 349 g/mol. The van der Waals surface area contributed by atoms with Crippen LogP contribution in [0.4, 0.5) is 0 Å². The van der Waals surface area contributed by atoms with Crippen molar-refractivity contribution in [3.8, 4) is 11.3 Å². The van der Waals surface area contributed by atoms with Crippen LogP contribution in [0.15, 0.2) is 22.7 Å². The molecular weight excluding hydrogens is 330 g/mol. The molecule has 2 aromatic rings. The Bertz CT molecular complexity index is 632. The maximum atomic E-state index is 5.80. The molecule has 1 aromatic heterocycles. The minimum Gasteiger partial charge on any atom is -0.376 e. The number of hydrogen-bond donors (Lipinski definition) is 0. The third-order valence-electron chi connectivity index (χ3n) is 4.08. The molecule has 0 radical (unpaired) electrons. The summed E-state index contributed by atoms with van der Waals surface area (Å²) in [5.41, 5.74) is 4.42. The first-order valence-electron chi connectivity index (χ1n) is 7.43. The Labute approximate surface area is 133 Å². The number of hydrogen-bond acceptors (Lipinski definition) is 3. The maximum absolute atomic E-state index is 5.80. The Morgan fingerprint density at radius 1 is 1.33 bits per heavy atom. The van der Waals surface area contributed by atoms with E-state index in [2.05, 4.69) is 52.2 Å². The third-order valence-corrected chi connectivity index (χ3v) is 4.57. The lowest BCUT2D eigenvalue weighted by Gasteiger charge is -2.22. The van der Waals surface area contributed by atoms with Crippen LogP contribution in [0.3, 0.4) is 0 Å². The lowest BCUT2D eigenvalue weighted by Crippen LogP contribution is -2.25. The summed E-state index contributed by atoms with van der Waals surface area (Å²) >= 11 is 3.50. The van der Waals surface area contributed by atoms with Crippen LogP contribution in [-0.2, 0) is 11.3 Å². The van der Waals surface area contributed by atoms with Gasteiger partial charge in [-0.2, -0.15) is 0 Å². The Balaban J connectivity index is 1.84. The molecule has 5 heteroatoms. The molecular formula is C16H20BrN3O. The van der Waals surface area contributed by atoms with Crippen LogP contribution in [0, 0.1) is 13.8 Å². The lowest BCUT2D eigenvalue weighted by molar-refractivity contribution is 0.00337. The van der Waals surface area contributed by atoms with Crippen LogP contribution in [0.1, 0.15) is 30.5 Å². The topological polar surface area (TPSA) is 39.9 Å². The number of aromatic nitrogens is 3. The van der Waals surface area contributed by atoms with Gasteiger partial charge < -0.3 is 4.74 Å². The summed E-state index contributed by atoms with van der Waals surface area (Å²) in [5.74, 6) is 0. The molecule has 1 aromatic carbocycles. The average molecular weight is 350 g/mol. The van der Waals surface area contributed by atoms with E-state index >= 15 is 0 Å². The van der Waals surface area contributed by atoms with E-state index in [4.69, 9.17) is 4.74 Å². The van der Waals surface area contributed by atoms with Gasteiger partial charge in [0, 0.05) is 16.6 Å². The van der Waals surface area contributed by atoms with Gasteiger partial charge in [0.05, 0.1) is 18.3 Å². The van der Waals surface area contributed by atoms with Crippen LogP contribution >= 0.6 is 15.9 Å². The highest BCUT2D eigenvalue weighted by atomic mass is 79.9. The Morgan fingerprint density at radius 3 is 2.90 bits per heavy atom. The minimum absolute atomic E-state index is 0.276. The molecule has 2 heterocycles. The first kappa shape index (κ1) is 14.7. The van der Waals surface area contributed by atoms with E-state index in [1.165, 1.54) is 18.4 Å². The molecule has 1 unspecified atom stereocenters. The number of rotatable bonds is 3. The smallest absolute Gasteiger partial charge is 0.116 e. The Morgan fingerprint density at radius 2 is 2.19 bits per heavy atom. The molecule has 1 atom stereocenters. The second-order valence-corrected chi connectivity index (χ2v) is 6.57. The molecule has 3 rings (SSSR count). The van der Waals surface area contributed by atoms with E-state index in [0.29, 0.717) is 0 Å². The molecule has 1 aliphatic rings. The summed E-state index contributed by atoms with van der Waals surface area (Å²) in [6.07, 6.45) is 3.82. The fourth-order valence-corrected chi connectivity index (χ4v) is 3.30. The quantitative estimate of drug-likeness (QED) is 0.843. The van der Waals surface area contributed by atoms with Crippen LogP contribution in [-0.4, -0.2) is 27.7 Å². The first-order valence-corrected chi connectivity index (χ1v) is 8.22. The maximum Gasteiger partial charge on any atom is 0.116 e. The molecule has 1 saturated heterocycles. The standard InChI is InChI=1S/C16H20BrN3O/c1-11-9-13(17)6-7-15(11)16-12(2)20(19-18-16)10-14-5-3-4-8-21-14/h6-7,9,14H,3-5,8,10H2,1-2H3. The summed E-state index contributed by atoms with van der Waals surface area (Å²) in [4.78, 5) is 0. The zero-order valence-corrected chi connectivity index (χ0v) is 14.1. The zero-order valence-electron chi connectivity index (χ0n) is 12.5. The van der Waals surface area contributed by atoms with Gasteiger partial charge in [-0.3, -0.25) is 0 Å². The van der Waals surface area contributed by atoms with Crippen molar-refractivity contribution in [2.24, 2.45) is 0 Å². The number of benzene rings is 1. The van der Waals surface area contributed by atoms with Crippen molar-refractivity contribution < 1.29 is 4.74 Å². The van der Waals surface area contributed by atoms with Gasteiger partial charge in [0.25, 0.3) is 0 Å². The van der Waals surface area contributed by atoms with Gasteiger partial charge in [0.2, 0.25) is 0 Å². The van der Waals surface area contributed by atoms with E-state index in [0.717, 1.165) is 41.0 Å². The fourth-order valence-electron chi connectivity index (χ4n) is 2.82. The van der Waals surface area contributed by atoms with Gasteiger partial charge in [-0.25, -0.2) is 4.68 Å². The number of nitrogens with zero attached hydrogens (tertiary/aromatic N) is 3. The molecule has 1 aliphatic heterocycles. The number of aryl methyl sites for hydroxylation is 1. The van der Waals surface area contributed by atoms with Crippen molar-refractivity contribution in [1.29, 1.82) is 0 Å². The van der Waals surface area contributed by atoms with Crippen LogP contribution in [0.2, 0.25) is 0 Å². The van der Waals surface area contributed by atoms with Crippen molar-refractivity contribution in [3.05, 3.63) is 33.9 Å². The largest absolute Gasteiger partial charge is 0.376 e. The highest BCUT2D eigenvalue weighted by Crippen LogP contribution is 2.27. The second-order valence-electron chi connectivity index (χ2n) is 5.65. The minimum atomic E-state index is 0.276. The lowest BCUT2D eigenvalue weighted by atomic mass is 10.0. The third kappa shape index (κ3) is 3.19. The van der Waals surface area contributed by atoms with Gasteiger partial charge in [-0.15, -0.1) is 5.10 Å². The molecule has 4 nitrogen and oxygen atoms in total. The van der Waals surface area contributed by atoms with E-state index < -0.39 is 0 Å². The molecule has 1 fully saturated rings. The van der Waals surface area contributed by atoms with E-state index in [-0.39, 0.29) is 6.10 Å². The van der Waals surface area contributed by atoms with Crippen molar-refractivity contribution in [2.45, 2.75) is 45.8 Å². The Kier molecular flexibility index (Phi) is 4.40. The van der Waals surface area contributed by atoms with E-state index in [1.807, 2.05) is 10.7 Å². The van der Waals surface area contributed by atoms with Crippen LogP contribution in [0.5, 0.6) is 0 Å². The van der Waals surface area contributed by atoms with Gasteiger partial charge in [0.15, 0.2) is 0 Å². The van der Waals surface area contributed by atoms with Crippen molar-refractivity contribution in [3.63, 3.8) is 0 Å². The molecule has 0 N–H and O–H groups in total. The van der Waals surface area contributed by atoms with E-state index in [1.54, 1.807) is 0 Å². The molecule has 0 amide bonds. The predicted molar refractivity (Wildman–Crippen MR) is 86.2 cm³/mol. The van der Waals surface area contributed by atoms with Crippen molar-refractivity contribution >= 4 is 15.9 Å². The second kappa shape index (κ2) is 6.28. The summed E-state index contributed by atoms with van der Waals surface area (Å²) in [6, 6.07) is 6.25. The molecule has 0 aliphatic carbocycles.